The molecule has 0 unspecified atom stereocenters. The lowest BCUT2D eigenvalue weighted by atomic mass is 9.91. The molecule has 0 spiro atoms. The Morgan fingerprint density at radius 2 is 2.00 bits per heavy atom. The summed E-state index contributed by atoms with van der Waals surface area (Å²) in [5.41, 5.74) is 6.92. The molecule has 0 aliphatic heterocycles. The summed E-state index contributed by atoms with van der Waals surface area (Å²) < 4.78 is 0. The highest BCUT2D eigenvalue weighted by Crippen LogP contribution is 2.25. The van der Waals surface area contributed by atoms with E-state index in [0.29, 0.717) is 0 Å². The van der Waals surface area contributed by atoms with E-state index in [1.54, 1.807) is 6.20 Å². The monoisotopic (exact) mass is 186 g/mol. The lowest BCUT2D eigenvalue weighted by Gasteiger charge is -2.20. The first-order valence-corrected chi connectivity index (χ1v) is 4.71. The highest BCUT2D eigenvalue weighted by molar-refractivity contribution is 5.85. The Balaban J connectivity index is 2.78. The van der Waals surface area contributed by atoms with Gasteiger partial charge in [0.15, 0.2) is 0 Å². The van der Waals surface area contributed by atoms with Crippen LogP contribution in [0.2, 0.25) is 0 Å². The summed E-state index contributed by atoms with van der Waals surface area (Å²) in [5, 5.41) is 2.33. The number of rotatable bonds is 1. The maximum Gasteiger partial charge on any atom is 0.0359 e. The van der Waals surface area contributed by atoms with Crippen molar-refractivity contribution in [1.29, 1.82) is 0 Å². The number of nitrogens with two attached hydrogens (primary N) is 1. The van der Waals surface area contributed by atoms with Crippen molar-refractivity contribution < 1.29 is 0 Å². The van der Waals surface area contributed by atoms with E-state index in [9.17, 15) is 0 Å². The second-order valence-corrected chi connectivity index (χ2v) is 4.12. The van der Waals surface area contributed by atoms with E-state index in [1.807, 2.05) is 32.2 Å². The third kappa shape index (κ3) is 1.49. The van der Waals surface area contributed by atoms with Crippen LogP contribution in [0.1, 0.15) is 19.4 Å². The van der Waals surface area contributed by atoms with Gasteiger partial charge in [-0.1, -0.05) is 18.2 Å². The zero-order valence-corrected chi connectivity index (χ0v) is 8.49. The molecule has 1 aromatic carbocycles. The van der Waals surface area contributed by atoms with Gasteiger partial charge in [-0.15, -0.1) is 0 Å². The maximum absolute atomic E-state index is 6.10. The van der Waals surface area contributed by atoms with E-state index < -0.39 is 0 Å². The van der Waals surface area contributed by atoms with Crippen LogP contribution < -0.4 is 5.73 Å². The predicted octanol–water partition coefficient (Wildman–Crippen LogP) is 2.43. The molecule has 0 saturated carbocycles. The Morgan fingerprint density at radius 1 is 1.21 bits per heavy atom. The summed E-state index contributed by atoms with van der Waals surface area (Å²) >= 11 is 0. The second kappa shape index (κ2) is 3.07. The summed E-state index contributed by atoms with van der Waals surface area (Å²) in [6.45, 7) is 4.02. The fraction of sp³-hybridized carbons (Fsp3) is 0.250. The van der Waals surface area contributed by atoms with Gasteiger partial charge in [0.2, 0.25) is 0 Å². The van der Waals surface area contributed by atoms with Crippen LogP contribution in [0.5, 0.6) is 0 Å². The van der Waals surface area contributed by atoms with Crippen molar-refractivity contribution in [3.05, 3.63) is 42.2 Å². The number of hydrogen-bond donors (Lipinski definition) is 1. The summed E-state index contributed by atoms with van der Waals surface area (Å²) in [4.78, 5) is 4.13. The molecule has 0 aliphatic carbocycles. The van der Waals surface area contributed by atoms with Gasteiger partial charge < -0.3 is 5.73 Å². The van der Waals surface area contributed by atoms with E-state index in [1.165, 1.54) is 5.39 Å². The lowest BCUT2D eigenvalue weighted by Crippen LogP contribution is -2.28. The summed E-state index contributed by atoms with van der Waals surface area (Å²) in [7, 11) is 0. The standard InChI is InChI=1S/C12H14N2/c1-12(2,13)11-5-3-4-9-6-7-14-8-10(9)11/h3-8H,13H2,1-2H3. The lowest BCUT2D eigenvalue weighted by molar-refractivity contribution is 0.559. The molecular formula is C12H14N2. The van der Waals surface area contributed by atoms with Crippen LogP contribution in [-0.2, 0) is 5.54 Å². The van der Waals surface area contributed by atoms with Gasteiger partial charge >= 0.3 is 0 Å². The zero-order valence-electron chi connectivity index (χ0n) is 8.49. The smallest absolute Gasteiger partial charge is 0.0359 e. The van der Waals surface area contributed by atoms with Crippen LogP contribution in [0.25, 0.3) is 10.8 Å². The molecule has 0 aliphatic rings. The number of hydrogen-bond acceptors (Lipinski definition) is 2. The minimum absolute atomic E-state index is 0.317. The molecule has 0 atom stereocenters. The van der Waals surface area contributed by atoms with Gasteiger partial charge in [0.05, 0.1) is 0 Å². The number of nitrogens with zero attached hydrogens (tertiary/aromatic N) is 1. The molecule has 2 aromatic rings. The molecule has 72 valence electrons. The van der Waals surface area contributed by atoms with Crippen LogP contribution in [0.4, 0.5) is 0 Å². The first kappa shape index (κ1) is 9.16. The zero-order chi connectivity index (χ0) is 10.2. The van der Waals surface area contributed by atoms with Crippen molar-refractivity contribution in [2.24, 2.45) is 5.73 Å². The van der Waals surface area contributed by atoms with E-state index in [2.05, 4.69) is 17.1 Å². The number of benzene rings is 1. The van der Waals surface area contributed by atoms with E-state index in [-0.39, 0.29) is 5.54 Å². The van der Waals surface area contributed by atoms with Crippen molar-refractivity contribution in [2.75, 3.05) is 0 Å². The minimum atomic E-state index is -0.317. The maximum atomic E-state index is 6.10. The third-order valence-corrected chi connectivity index (χ3v) is 2.38. The normalized spacial score (nSPS) is 11.9. The van der Waals surface area contributed by atoms with Crippen LogP contribution in [0.3, 0.4) is 0 Å². The van der Waals surface area contributed by atoms with Gasteiger partial charge in [0.1, 0.15) is 0 Å². The Labute approximate surface area is 83.8 Å². The molecule has 2 heteroatoms. The fourth-order valence-corrected chi connectivity index (χ4v) is 1.68. The first-order valence-electron chi connectivity index (χ1n) is 4.71. The molecule has 14 heavy (non-hydrogen) atoms. The minimum Gasteiger partial charge on any atom is -0.322 e. The van der Waals surface area contributed by atoms with Crippen LogP contribution in [-0.4, -0.2) is 4.98 Å². The molecule has 0 saturated heterocycles. The van der Waals surface area contributed by atoms with E-state index in [0.717, 1.165) is 10.9 Å². The third-order valence-electron chi connectivity index (χ3n) is 2.38. The summed E-state index contributed by atoms with van der Waals surface area (Å²) in [6.07, 6.45) is 3.68. The van der Waals surface area contributed by atoms with Crippen molar-refractivity contribution in [2.45, 2.75) is 19.4 Å². The topological polar surface area (TPSA) is 38.9 Å². The number of pyridine rings is 1. The Kier molecular flexibility index (Phi) is 2.01. The average molecular weight is 186 g/mol. The van der Waals surface area contributed by atoms with Crippen molar-refractivity contribution in [3.63, 3.8) is 0 Å². The van der Waals surface area contributed by atoms with Gasteiger partial charge in [-0.2, -0.15) is 0 Å². The van der Waals surface area contributed by atoms with Crippen molar-refractivity contribution >= 4 is 10.8 Å². The molecule has 2 N–H and O–H groups in total. The quantitative estimate of drug-likeness (QED) is 0.742. The fourth-order valence-electron chi connectivity index (χ4n) is 1.68. The van der Waals surface area contributed by atoms with Gasteiger partial charge in [-0.25, -0.2) is 0 Å². The van der Waals surface area contributed by atoms with Crippen LogP contribution >= 0.6 is 0 Å². The molecule has 1 heterocycles. The first-order chi connectivity index (χ1) is 6.59. The predicted molar refractivity (Wildman–Crippen MR) is 59.0 cm³/mol. The van der Waals surface area contributed by atoms with Crippen LogP contribution in [0, 0.1) is 0 Å². The molecule has 2 rings (SSSR count). The molecule has 1 aromatic heterocycles. The van der Waals surface area contributed by atoms with Gasteiger partial charge in [0.25, 0.3) is 0 Å². The molecular weight excluding hydrogens is 172 g/mol. The van der Waals surface area contributed by atoms with Crippen LogP contribution in [0.15, 0.2) is 36.7 Å². The largest absolute Gasteiger partial charge is 0.322 e. The average Bonchev–Trinajstić information content (AvgIpc) is 2.15. The van der Waals surface area contributed by atoms with Gasteiger partial charge in [-0.3, -0.25) is 4.98 Å². The molecule has 2 nitrogen and oxygen atoms in total. The van der Waals surface area contributed by atoms with Crippen molar-refractivity contribution in [3.8, 4) is 0 Å². The number of fused-ring (bicyclic) bond motifs is 1. The van der Waals surface area contributed by atoms with Crippen molar-refractivity contribution in [1.82, 2.24) is 4.98 Å². The number of aromatic nitrogens is 1. The molecule has 0 radical (unpaired) electrons. The summed E-state index contributed by atoms with van der Waals surface area (Å²) in [5.74, 6) is 0. The van der Waals surface area contributed by atoms with E-state index in [4.69, 9.17) is 5.73 Å². The molecule has 0 bridgehead atoms. The Bertz CT molecular complexity index is 450. The molecule has 0 fully saturated rings. The Hall–Kier alpha value is -1.41. The van der Waals surface area contributed by atoms with Gasteiger partial charge in [-0.05, 0) is 30.9 Å². The highest BCUT2D eigenvalue weighted by Gasteiger charge is 2.16. The Morgan fingerprint density at radius 3 is 2.71 bits per heavy atom. The van der Waals surface area contributed by atoms with E-state index >= 15 is 0 Å². The second-order valence-electron chi connectivity index (χ2n) is 4.12. The highest BCUT2D eigenvalue weighted by atomic mass is 14.7. The van der Waals surface area contributed by atoms with Gasteiger partial charge in [0, 0.05) is 23.3 Å². The SMILES string of the molecule is CC(C)(N)c1cccc2ccncc12. The molecule has 0 amide bonds. The summed E-state index contributed by atoms with van der Waals surface area (Å²) in [6, 6.07) is 8.17.